The smallest absolute Gasteiger partial charge is 0.186 e. The number of nitrogens with zero attached hydrogens (tertiary/aromatic N) is 1. The highest BCUT2D eigenvalue weighted by Gasteiger charge is 2.33. The Morgan fingerprint density at radius 1 is 1.00 bits per heavy atom. The molecule has 0 fully saturated rings. The molecular formula is C14H21IN2. The van der Waals surface area contributed by atoms with Gasteiger partial charge in [0.25, 0.3) is 0 Å². The van der Waals surface area contributed by atoms with Crippen LogP contribution in [0.5, 0.6) is 0 Å². The van der Waals surface area contributed by atoms with Crippen molar-refractivity contribution >= 4 is 5.69 Å². The minimum Gasteiger partial charge on any atom is -1.00 e. The summed E-state index contributed by atoms with van der Waals surface area (Å²) in [5.41, 5.74) is 13.6. The third kappa shape index (κ3) is 1.96. The molecule has 94 valence electrons. The van der Waals surface area contributed by atoms with Crippen LogP contribution < -0.4 is 34.3 Å². The lowest BCUT2D eigenvalue weighted by molar-refractivity contribution is -0.710. The van der Waals surface area contributed by atoms with Crippen LogP contribution in [0.4, 0.5) is 5.69 Å². The molecule has 0 radical (unpaired) electrons. The van der Waals surface area contributed by atoms with Crippen LogP contribution in [0.2, 0.25) is 0 Å². The molecule has 0 saturated carbocycles. The van der Waals surface area contributed by atoms with Gasteiger partial charge in [0.1, 0.15) is 6.54 Å². The van der Waals surface area contributed by atoms with E-state index in [4.69, 9.17) is 5.73 Å². The lowest BCUT2D eigenvalue weighted by atomic mass is 10.1. The van der Waals surface area contributed by atoms with E-state index in [9.17, 15) is 0 Å². The zero-order valence-electron chi connectivity index (χ0n) is 10.6. The number of aromatic nitrogens is 1. The zero-order valence-corrected chi connectivity index (χ0v) is 12.7. The van der Waals surface area contributed by atoms with E-state index in [0.717, 1.165) is 5.69 Å². The Balaban J connectivity index is 0.00000108. The number of fused-ring (bicyclic) bond motifs is 2. The molecule has 0 saturated heterocycles. The molecule has 1 aromatic heterocycles. The Kier molecular flexibility index (Phi) is 3.95. The highest BCUT2D eigenvalue weighted by molar-refractivity contribution is 5.57. The summed E-state index contributed by atoms with van der Waals surface area (Å²) in [4.78, 5) is 0. The Morgan fingerprint density at radius 3 is 2.00 bits per heavy atom. The highest BCUT2D eigenvalue weighted by Crippen LogP contribution is 2.33. The van der Waals surface area contributed by atoms with Crippen LogP contribution in [0.15, 0.2) is 0 Å². The standard InChI is InChI=1S/C14H20N2.HI/c1-2-9-16-12-7-3-5-10(12)14(15)11-6-4-8-13(11)16;/h15H,2-9H2,1H3;1H. The lowest BCUT2D eigenvalue weighted by Gasteiger charge is -2.11. The van der Waals surface area contributed by atoms with Crippen molar-refractivity contribution in [2.24, 2.45) is 0 Å². The number of rotatable bonds is 2. The van der Waals surface area contributed by atoms with Gasteiger partial charge in [0, 0.05) is 30.4 Å². The molecule has 0 aromatic carbocycles. The zero-order chi connectivity index (χ0) is 11.1. The van der Waals surface area contributed by atoms with E-state index in [2.05, 4.69) is 11.5 Å². The second-order valence-electron chi connectivity index (χ2n) is 5.12. The van der Waals surface area contributed by atoms with Crippen LogP contribution in [0, 0.1) is 0 Å². The molecule has 3 heteroatoms. The van der Waals surface area contributed by atoms with Gasteiger partial charge in [-0.2, -0.15) is 4.57 Å². The quantitative estimate of drug-likeness (QED) is 0.539. The van der Waals surface area contributed by atoms with Crippen molar-refractivity contribution in [1.29, 1.82) is 0 Å². The van der Waals surface area contributed by atoms with E-state index < -0.39 is 0 Å². The van der Waals surface area contributed by atoms with E-state index in [1.165, 1.54) is 62.6 Å². The molecule has 2 aliphatic rings. The van der Waals surface area contributed by atoms with Crippen molar-refractivity contribution in [3.05, 3.63) is 22.5 Å². The van der Waals surface area contributed by atoms with Crippen molar-refractivity contribution in [1.82, 2.24) is 0 Å². The van der Waals surface area contributed by atoms with Gasteiger partial charge >= 0.3 is 0 Å². The topological polar surface area (TPSA) is 29.9 Å². The van der Waals surface area contributed by atoms with E-state index in [1.54, 1.807) is 11.4 Å². The van der Waals surface area contributed by atoms with Gasteiger partial charge in [-0.3, -0.25) is 0 Å². The molecule has 2 nitrogen and oxygen atoms in total. The van der Waals surface area contributed by atoms with Crippen molar-refractivity contribution in [3.63, 3.8) is 0 Å². The van der Waals surface area contributed by atoms with Crippen LogP contribution >= 0.6 is 0 Å². The SMILES string of the molecule is CCC[n+]1c2c(c(N)c3c1CCC3)CCC2.[I-]. The predicted octanol–water partition coefficient (Wildman–Crippen LogP) is -1.05. The molecule has 0 spiro atoms. The first-order valence-electron chi connectivity index (χ1n) is 6.67. The van der Waals surface area contributed by atoms with Crippen molar-refractivity contribution in [2.75, 3.05) is 5.73 Å². The Labute approximate surface area is 121 Å². The minimum atomic E-state index is 0. The minimum absolute atomic E-state index is 0. The average Bonchev–Trinajstić information content (AvgIpc) is 2.92. The van der Waals surface area contributed by atoms with E-state index in [1.807, 2.05) is 0 Å². The van der Waals surface area contributed by atoms with Crippen LogP contribution in [0.3, 0.4) is 0 Å². The third-order valence-electron chi connectivity index (χ3n) is 4.13. The number of nitrogens with two attached hydrogens (primary N) is 1. The maximum absolute atomic E-state index is 6.34. The summed E-state index contributed by atoms with van der Waals surface area (Å²) >= 11 is 0. The molecule has 1 heterocycles. The van der Waals surface area contributed by atoms with Gasteiger partial charge in [-0.05, 0) is 25.7 Å². The molecule has 1 aromatic rings. The second kappa shape index (κ2) is 5.12. The maximum Gasteiger partial charge on any atom is 0.186 e. The van der Waals surface area contributed by atoms with Gasteiger partial charge in [0.05, 0.1) is 5.69 Å². The van der Waals surface area contributed by atoms with Gasteiger partial charge in [0.2, 0.25) is 0 Å². The molecule has 0 amide bonds. The molecule has 0 atom stereocenters. The summed E-state index contributed by atoms with van der Waals surface area (Å²) < 4.78 is 2.60. The summed E-state index contributed by atoms with van der Waals surface area (Å²) in [6.07, 6.45) is 8.72. The van der Waals surface area contributed by atoms with Crippen molar-refractivity contribution in [3.8, 4) is 0 Å². The molecule has 0 bridgehead atoms. The summed E-state index contributed by atoms with van der Waals surface area (Å²) in [6, 6.07) is 0. The largest absolute Gasteiger partial charge is 1.00 e. The molecule has 0 unspecified atom stereocenters. The molecule has 2 N–H and O–H groups in total. The number of anilines is 1. The first-order chi connectivity index (χ1) is 7.83. The predicted molar refractivity (Wildman–Crippen MR) is 65.4 cm³/mol. The first kappa shape index (κ1) is 13.1. The van der Waals surface area contributed by atoms with Gasteiger partial charge in [-0.1, -0.05) is 6.92 Å². The fraction of sp³-hybridized carbons (Fsp3) is 0.643. The van der Waals surface area contributed by atoms with E-state index in [-0.39, 0.29) is 24.0 Å². The molecule has 0 aliphatic heterocycles. The number of hydrogen-bond acceptors (Lipinski definition) is 1. The van der Waals surface area contributed by atoms with Crippen molar-refractivity contribution in [2.45, 2.75) is 58.4 Å². The molecule has 2 aliphatic carbocycles. The fourth-order valence-corrected chi connectivity index (χ4v) is 3.47. The lowest BCUT2D eigenvalue weighted by Crippen LogP contribution is -3.00. The summed E-state index contributed by atoms with van der Waals surface area (Å²) in [5.74, 6) is 0. The van der Waals surface area contributed by atoms with Gasteiger partial charge in [-0.15, -0.1) is 0 Å². The molecular weight excluding hydrogens is 323 g/mol. The first-order valence-corrected chi connectivity index (χ1v) is 6.67. The van der Waals surface area contributed by atoms with Crippen LogP contribution in [0.25, 0.3) is 0 Å². The second-order valence-corrected chi connectivity index (χ2v) is 5.12. The Morgan fingerprint density at radius 2 is 1.53 bits per heavy atom. The monoisotopic (exact) mass is 344 g/mol. The number of pyridine rings is 1. The van der Waals surface area contributed by atoms with Gasteiger partial charge in [-0.25, -0.2) is 0 Å². The maximum atomic E-state index is 6.34. The van der Waals surface area contributed by atoms with Crippen LogP contribution in [-0.2, 0) is 32.2 Å². The summed E-state index contributed by atoms with van der Waals surface area (Å²) in [6.45, 7) is 3.46. The highest BCUT2D eigenvalue weighted by atomic mass is 127. The van der Waals surface area contributed by atoms with E-state index >= 15 is 0 Å². The average molecular weight is 344 g/mol. The Bertz CT molecular complexity index is 405. The fourth-order valence-electron chi connectivity index (χ4n) is 3.47. The van der Waals surface area contributed by atoms with Gasteiger partial charge in [0.15, 0.2) is 11.4 Å². The normalized spacial score (nSPS) is 16.5. The number of hydrogen-bond donors (Lipinski definition) is 1. The van der Waals surface area contributed by atoms with Crippen molar-refractivity contribution < 1.29 is 28.5 Å². The van der Waals surface area contributed by atoms with E-state index in [0.29, 0.717) is 0 Å². The molecule has 3 rings (SSSR count). The third-order valence-corrected chi connectivity index (χ3v) is 4.13. The molecule has 17 heavy (non-hydrogen) atoms. The van der Waals surface area contributed by atoms with Crippen LogP contribution in [-0.4, -0.2) is 0 Å². The summed E-state index contributed by atoms with van der Waals surface area (Å²) in [7, 11) is 0. The van der Waals surface area contributed by atoms with Crippen LogP contribution in [0.1, 0.15) is 48.7 Å². The number of halogens is 1. The number of nitrogen functional groups attached to an aromatic ring is 1. The van der Waals surface area contributed by atoms with Gasteiger partial charge < -0.3 is 29.7 Å². The summed E-state index contributed by atoms with van der Waals surface area (Å²) in [5, 5.41) is 0. The Hall–Kier alpha value is -0.320.